The summed E-state index contributed by atoms with van der Waals surface area (Å²) >= 11 is 0. The van der Waals surface area contributed by atoms with Crippen molar-refractivity contribution in [3.05, 3.63) is 28.8 Å². The quantitative estimate of drug-likeness (QED) is 0.303. The molecular formula is C24H33NO9. The average Bonchev–Trinajstić information content (AvgIpc) is 2.69. The van der Waals surface area contributed by atoms with Crippen molar-refractivity contribution in [3.63, 3.8) is 0 Å². The predicted octanol–water partition coefficient (Wildman–Crippen LogP) is 2.15. The van der Waals surface area contributed by atoms with Crippen molar-refractivity contribution < 1.29 is 42.9 Å². The molecule has 0 spiro atoms. The summed E-state index contributed by atoms with van der Waals surface area (Å²) in [5.41, 5.74) is 7.41. The summed E-state index contributed by atoms with van der Waals surface area (Å²) in [5, 5.41) is 0. The van der Waals surface area contributed by atoms with E-state index in [4.69, 9.17) is 29.4 Å². The van der Waals surface area contributed by atoms with Gasteiger partial charge in [-0.25, -0.2) is 0 Å². The zero-order valence-corrected chi connectivity index (χ0v) is 20.3. The Labute approximate surface area is 199 Å². The Morgan fingerprint density at radius 2 is 1.47 bits per heavy atom. The third kappa shape index (κ3) is 7.72. The van der Waals surface area contributed by atoms with Crippen LogP contribution in [0.1, 0.15) is 61.5 Å². The molecule has 1 fully saturated rings. The first-order chi connectivity index (χ1) is 16.0. The highest BCUT2D eigenvalue weighted by Gasteiger charge is 2.46. The van der Waals surface area contributed by atoms with Crippen LogP contribution in [0.2, 0.25) is 0 Å². The molecule has 0 saturated carbocycles. The number of carbonyl (C=O) groups excluding carboxylic acids is 4. The third-order valence-electron chi connectivity index (χ3n) is 5.36. The van der Waals surface area contributed by atoms with Crippen LogP contribution in [0.5, 0.6) is 5.75 Å². The minimum absolute atomic E-state index is 0.0151. The van der Waals surface area contributed by atoms with Crippen molar-refractivity contribution in [2.45, 2.75) is 78.3 Å². The van der Waals surface area contributed by atoms with E-state index < -0.39 is 48.2 Å². The number of carbonyl (C=O) groups is 4. The molecule has 1 amide bonds. The molecule has 10 nitrogen and oxygen atoms in total. The lowest BCUT2D eigenvalue weighted by molar-refractivity contribution is -0.226. The van der Waals surface area contributed by atoms with Gasteiger partial charge in [0.25, 0.3) is 0 Å². The number of benzene rings is 1. The van der Waals surface area contributed by atoms with Crippen LogP contribution in [-0.2, 0) is 33.3 Å². The van der Waals surface area contributed by atoms with Crippen molar-refractivity contribution in [2.75, 3.05) is 13.2 Å². The molecule has 1 heterocycles. The summed E-state index contributed by atoms with van der Waals surface area (Å²) in [7, 11) is 0. The first kappa shape index (κ1) is 27.1. The minimum Gasteiger partial charge on any atom is -0.494 e. The lowest BCUT2D eigenvalue weighted by Gasteiger charge is -2.40. The van der Waals surface area contributed by atoms with Crippen molar-refractivity contribution in [1.29, 1.82) is 0 Å². The first-order valence-electron chi connectivity index (χ1n) is 11.2. The van der Waals surface area contributed by atoms with Gasteiger partial charge in [-0.15, -0.1) is 0 Å². The van der Waals surface area contributed by atoms with Gasteiger partial charge in [0.1, 0.15) is 5.75 Å². The fourth-order valence-electron chi connectivity index (χ4n) is 4.10. The van der Waals surface area contributed by atoms with E-state index in [9.17, 15) is 19.2 Å². The Morgan fingerprint density at radius 3 is 2.00 bits per heavy atom. The van der Waals surface area contributed by atoms with Crippen molar-refractivity contribution in [1.82, 2.24) is 0 Å². The zero-order chi connectivity index (χ0) is 25.4. The normalized spacial score (nSPS) is 21.9. The lowest BCUT2D eigenvalue weighted by atomic mass is 9.95. The molecule has 0 bridgehead atoms. The number of hydrogen-bond acceptors (Lipinski definition) is 9. The van der Waals surface area contributed by atoms with Crippen LogP contribution in [0.4, 0.5) is 0 Å². The fraction of sp³-hybridized carbons (Fsp3) is 0.583. The van der Waals surface area contributed by atoms with Gasteiger partial charge < -0.3 is 29.4 Å². The van der Waals surface area contributed by atoms with Gasteiger partial charge in [-0.2, -0.15) is 0 Å². The van der Waals surface area contributed by atoms with E-state index >= 15 is 0 Å². The topological polar surface area (TPSA) is 140 Å². The summed E-state index contributed by atoms with van der Waals surface area (Å²) in [6, 6.07) is 3.54. The van der Waals surface area contributed by atoms with Crippen molar-refractivity contribution in [3.8, 4) is 5.75 Å². The molecule has 1 aromatic carbocycles. The SMILES string of the molecule is CC(=O)O[C@@H]1[C@@H](OC(C)=O)[C@H](OC(C)=O)CO[C@@H]1CCCCOc1cc(C)c(C(N)=O)c(C)c1. The Balaban J connectivity index is 1.96. The van der Waals surface area contributed by atoms with Crippen LogP contribution in [-0.4, -0.2) is 61.4 Å². The van der Waals surface area contributed by atoms with Gasteiger partial charge in [-0.1, -0.05) is 0 Å². The number of unbranched alkanes of at least 4 members (excludes halogenated alkanes) is 1. The smallest absolute Gasteiger partial charge is 0.303 e. The largest absolute Gasteiger partial charge is 0.494 e. The van der Waals surface area contributed by atoms with Gasteiger partial charge in [0.15, 0.2) is 18.3 Å². The summed E-state index contributed by atoms with van der Waals surface area (Å²) in [6.07, 6.45) is -1.44. The monoisotopic (exact) mass is 479 g/mol. The second-order valence-electron chi connectivity index (χ2n) is 8.31. The molecule has 2 rings (SSSR count). The Bertz CT molecular complexity index is 891. The summed E-state index contributed by atoms with van der Waals surface area (Å²) < 4.78 is 27.6. The standard InChI is InChI=1S/C24H33NO9/c1-13-10-18(11-14(2)21(13)24(25)29)30-9-7-6-8-19-22(33-16(4)27)23(34-17(5)28)20(12-31-19)32-15(3)26/h10-11,19-20,22-23H,6-9,12H2,1-5H3,(H2,25,29)/t19-,20-,22+,23+/m1/s1. The summed E-state index contributed by atoms with van der Waals surface area (Å²) in [6.45, 7) is 7.76. The number of hydrogen-bond donors (Lipinski definition) is 1. The Hall–Kier alpha value is -3.14. The van der Waals surface area contributed by atoms with Crippen LogP contribution in [0.3, 0.4) is 0 Å². The molecule has 188 valence electrons. The van der Waals surface area contributed by atoms with Gasteiger partial charge in [0, 0.05) is 26.3 Å². The van der Waals surface area contributed by atoms with Gasteiger partial charge in [-0.05, 0) is 56.4 Å². The maximum absolute atomic E-state index is 11.7. The van der Waals surface area contributed by atoms with Crippen LogP contribution < -0.4 is 10.5 Å². The molecule has 2 N–H and O–H groups in total. The van der Waals surface area contributed by atoms with Crippen LogP contribution >= 0.6 is 0 Å². The molecule has 0 radical (unpaired) electrons. The van der Waals surface area contributed by atoms with E-state index in [1.165, 1.54) is 20.8 Å². The third-order valence-corrected chi connectivity index (χ3v) is 5.36. The zero-order valence-electron chi connectivity index (χ0n) is 20.3. The van der Waals surface area contributed by atoms with Gasteiger partial charge >= 0.3 is 17.9 Å². The van der Waals surface area contributed by atoms with Crippen molar-refractivity contribution in [2.24, 2.45) is 5.73 Å². The Kier molecular flexibility index (Phi) is 9.85. The van der Waals surface area contributed by atoms with E-state index in [-0.39, 0.29) is 6.61 Å². The Morgan fingerprint density at radius 1 is 0.912 bits per heavy atom. The summed E-state index contributed by atoms with van der Waals surface area (Å²) in [5.74, 6) is -1.53. The first-order valence-corrected chi connectivity index (χ1v) is 11.2. The fourth-order valence-corrected chi connectivity index (χ4v) is 4.10. The molecule has 1 aliphatic heterocycles. The number of amides is 1. The van der Waals surface area contributed by atoms with Crippen molar-refractivity contribution >= 4 is 23.8 Å². The molecule has 10 heteroatoms. The highest BCUT2D eigenvalue weighted by molar-refractivity contribution is 5.96. The van der Waals surface area contributed by atoms with Gasteiger partial charge in [-0.3, -0.25) is 19.2 Å². The molecule has 4 atom stereocenters. The molecule has 1 saturated heterocycles. The van der Waals surface area contributed by atoms with Crippen LogP contribution in [0.25, 0.3) is 0 Å². The van der Waals surface area contributed by atoms with Gasteiger partial charge in [0.05, 0.1) is 19.3 Å². The number of nitrogens with two attached hydrogens (primary N) is 1. The van der Waals surface area contributed by atoms with Crippen LogP contribution in [0, 0.1) is 13.8 Å². The average molecular weight is 480 g/mol. The lowest BCUT2D eigenvalue weighted by Crippen LogP contribution is -2.57. The molecule has 0 aromatic heterocycles. The number of esters is 3. The molecule has 0 aliphatic carbocycles. The second-order valence-corrected chi connectivity index (χ2v) is 8.31. The second kappa shape index (κ2) is 12.4. The maximum atomic E-state index is 11.7. The number of rotatable bonds is 10. The molecule has 0 unspecified atom stereocenters. The molecule has 34 heavy (non-hydrogen) atoms. The minimum atomic E-state index is -0.963. The maximum Gasteiger partial charge on any atom is 0.303 e. The summed E-state index contributed by atoms with van der Waals surface area (Å²) in [4.78, 5) is 46.3. The van der Waals surface area contributed by atoms with E-state index in [1.54, 1.807) is 26.0 Å². The van der Waals surface area contributed by atoms with E-state index in [0.717, 1.165) is 11.1 Å². The van der Waals surface area contributed by atoms with E-state index in [2.05, 4.69) is 0 Å². The van der Waals surface area contributed by atoms with Gasteiger partial charge in [0.2, 0.25) is 5.91 Å². The molecular weight excluding hydrogens is 446 g/mol. The number of aryl methyl sites for hydroxylation is 2. The molecule has 1 aromatic rings. The van der Waals surface area contributed by atoms with E-state index in [0.29, 0.717) is 37.2 Å². The number of ether oxygens (including phenoxy) is 5. The highest BCUT2D eigenvalue weighted by Crippen LogP contribution is 2.27. The van der Waals surface area contributed by atoms with E-state index in [1.807, 2.05) is 0 Å². The number of primary amides is 1. The predicted molar refractivity (Wildman–Crippen MR) is 120 cm³/mol. The molecule has 1 aliphatic rings. The van der Waals surface area contributed by atoms with Crippen LogP contribution in [0.15, 0.2) is 12.1 Å². The highest BCUT2D eigenvalue weighted by atomic mass is 16.6.